The van der Waals surface area contributed by atoms with E-state index < -0.39 is 32.6 Å². The quantitative estimate of drug-likeness (QED) is 0.370. The summed E-state index contributed by atoms with van der Waals surface area (Å²) in [6, 6.07) is 15.2. The van der Waals surface area contributed by atoms with Gasteiger partial charge in [0.05, 0.1) is 16.4 Å². The van der Waals surface area contributed by atoms with Crippen molar-refractivity contribution in [3.05, 3.63) is 94.3 Å². The fourth-order valence-electron chi connectivity index (χ4n) is 2.90. The topological polar surface area (TPSA) is 139 Å². The Morgan fingerprint density at radius 2 is 1.62 bits per heavy atom. The van der Waals surface area contributed by atoms with E-state index in [0.29, 0.717) is 5.69 Å². The van der Waals surface area contributed by atoms with Gasteiger partial charge in [0.15, 0.2) is 0 Å². The minimum Gasteiger partial charge on any atom is -0.332 e. The van der Waals surface area contributed by atoms with Crippen LogP contribution in [0.1, 0.15) is 10.4 Å². The molecule has 3 rings (SSSR count). The van der Waals surface area contributed by atoms with Gasteiger partial charge in [-0.25, -0.2) is 12.8 Å². The van der Waals surface area contributed by atoms with Crippen LogP contribution in [0.4, 0.5) is 21.5 Å². The van der Waals surface area contributed by atoms with Crippen molar-refractivity contribution in [3.63, 3.8) is 0 Å². The maximum absolute atomic E-state index is 13.0. The summed E-state index contributed by atoms with van der Waals surface area (Å²) in [6.45, 7) is -0.266. The number of benzene rings is 3. The van der Waals surface area contributed by atoms with Crippen LogP contribution < -0.4 is 10.0 Å². The number of nitro benzene ring substituents is 1. The van der Waals surface area contributed by atoms with Gasteiger partial charge in [-0.05, 0) is 54.6 Å². The van der Waals surface area contributed by atoms with Crippen molar-refractivity contribution in [1.29, 1.82) is 0 Å². The molecule has 3 aromatic rings. The zero-order valence-corrected chi connectivity index (χ0v) is 18.6. The smallest absolute Gasteiger partial charge is 0.270 e. The second kappa shape index (κ2) is 10.1. The predicted molar refractivity (Wildman–Crippen MR) is 122 cm³/mol. The van der Waals surface area contributed by atoms with Crippen molar-refractivity contribution < 1.29 is 27.3 Å². The second-order valence-corrected chi connectivity index (χ2v) is 8.84. The molecule has 0 radical (unpaired) electrons. The van der Waals surface area contributed by atoms with Crippen LogP contribution in [0, 0.1) is 15.9 Å². The average molecular weight is 486 g/mol. The van der Waals surface area contributed by atoms with E-state index in [-0.39, 0.29) is 28.4 Å². The molecule has 2 amide bonds. The van der Waals surface area contributed by atoms with Crippen LogP contribution in [-0.2, 0) is 14.8 Å². The van der Waals surface area contributed by atoms with Crippen molar-refractivity contribution in [2.24, 2.45) is 0 Å². The first-order valence-electron chi connectivity index (χ1n) is 9.73. The van der Waals surface area contributed by atoms with Gasteiger partial charge in [0.1, 0.15) is 5.82 Å². The highest BCUT2D eigenvalue weighted by Crippen LogP contribution is 2.21. The molecule has 34 heavy (non-hydrogen) atoms. The molecule has 0 fully saturated rings. The van der Waals surface area contributed by atoms with Gasteiger partial charge < -0.3 is 10.2 Å². The molecule has 0 atom stereocenters. The Morgan fingerprint density at radius 3 is 2.24 bits per heavy atom. The Kier molecular flexibility index (Phi) is 7.21. The van der Waals surface area contributed by atoms with Gasteiger partial charge in [-0.15, -0.1) is 0 Å². The first kappa shape index (κ1) is 24.3. The lowest BCUT2D eigenvalue weighted by Gasteiger charge is -2.17. The number of amides is 2. The first-order chi connectivity index (χ1) is 16.0. The predicted octanol–water partition coefficient (Wildman–Crippen LogP) is 3.25. The van der Waals surface area contributed by atoms with Gasteiger partial charge in [-0.3, -0.25) is 24.4 Å². The minimum absolute atomic E-state index is 0.139. The Balaban J connectivity index is 1.63. The molecule has 0 spiro atoms. The summed E-state index contributed by atoms with van der Waals surface area (Å²) in [7, 11) is -2.67. The minimum atomic E-state index is -4.09. The number of hydrogen-bond acceptors (Lipinski definition) is 6. The number of carbonyl (C=O) groups is 2. The molecule has 0 aromatic heterocycles. The van der Waals surface area contributed by atoms with Crippen LogP contribution in [0.2, 0.25) is 0 Å². The molecule has 0 aliphatic heterocycles. The van der Waals surface area contributed by atoms with E-state index in [9.17, 15) is 32.5 Å². The molecular weight excluding hydrogens is 467 g/mol. The maximum Gasteiger partial charge on any atom is 0.270 e. The van der Waals surface area contributed by atoms with Crippen molar-refractivity contribution >= 4 is 38.9 Å². The van der Waals surface area contributed by atoms with Gasteiger partial charge in [-0.1, -0.05) is 6.07 Å². The molecule has 3 aromatic carbocycles. The average Bonchev–Trinajstić information content (AvgIpc) is 2.80. The van der Waals surface area contributed by atoms with Crippen molar-refractivity contribution in [3.8, 4) is 0 Å². The van der Waals surface area contributed by atoms with Gasteiger partial charge in [0, 0.05) is 36.1 Å². The molecule has 2 N–H and O–H groups in total. The third-order valence-corrected chi connectivity index (χ3v) is 5.96. The summed E-state index contributed by atoms with van der Waals surface area (Å²) in [5, 5.41) is 13.4. The number of likely N-dealkylation sites (N-methyl/N-ethyl adjacent to an activating group) is 1. The Morgan fingerprint density at radius 1 is 1.00 bits per heavy atom. The normalized spacial score (nSPS) is 10.9. The zero-order chi connectivity index (χ0) is 24.9. The number of carbonyl (C=O) groups excluding carboxylic acids is 2. The fraction of sp³-hybridized carbons (Fsp3) is 0.0909. The highest BCUT2D eigenvalue weighted by molar-refractivity contribution is 7.92. The van der Waals surface area contributed by atoms with Crippen LogP contribution in [0.15, 0.2) is 77.7 Å². The Labute approximate surface area is 194 Å². The van der Waals surface area contributed by atoms with Crippen LogP contribution in [-0.4, -0.2) is 43.6 Å². The molecule has 0 aliphatic carbocycles. The summed E-state index contributed by atoms with van der Waals surface area (Å²) in [4.78, 5) is 35.8. The van der Waals surface area contributed by atoms with Crippen molar-refractivity contribution in [2.75, 3.05) is 23.6 Å². The lowest BCUT2D eigenvalue weighted by atomic mass is 10.2. The zero-order valence-electron chi connectivity index (χ0n) is 17.8. The second-order valence-electron chi connectivity index (χ2n) is 7.15. The number of nitrogens with zero attached hydrogens (tertiary/aromatic N) is 2. The van der Waals surface area contributed by atoms with E-state index in [0.717, 1.165) is 6.07 Å². The van der Waals surface area contributed by atoms with Crippen LogP contribution in [0.3, 0.4) is 0 Å². The molecule has 12 heteroatoms. The number of nitrogens with one attached hydrogen (secondary N) is 2. The number of rotatable bonds is 8. The van der Waals surface area contributed by atoms with E-state index in [1.54, 1.807) is 0 Å². The number of anilines is 2. The summed E-state index contributed by atoms with van der Waals surface area (Å²) >= 11 is 0. The van der Waals surface area contributed by atoms with Gasteiger partial charge in [-0.2, -0.15) is 0 Å². The lowest BCUT2D eigenvalue weighted by Crippen LogP contribution is -2.34. The SMILES string of the molecule is CN(CC(=O)Nc1ccc(F)cc1)C(=O)c1ccc(NS(=O)(=O)c2cccc([N+](=O)[O-])c2)cc1. The summed E-state index contributed by atoms with van der Waals surface area (Å²) < 4.78 is 40.3. The summed E-state index contributed by atoms with van der Waals surface area (Å²) in [6.07, 6.45) is 0. The van der Waals surface area contributed by atoms with Gasteiger partial charge in [0.25, 0.3) is 21.6 Å². The molecule has 10 nitrogen and oxygen atoms in total. The number of hydrogen-bond donors (Lipinski definition) is 2. The van der Waals surface area contributed by atoms with E-state index in [4.69, 9.17) is 0 Å². The highest BCUT2D eigenvalue weighted by Gasteiger charge is 2.19. The molecule has 0 saturated heterocycles. The molecule has 0 saturated carbocycles. The Bertz CT molecular complexity index is 1330. The first-order valence-corrected chi connectivity index (χ1v) is 11.2. The van der Waals surface area contributed by atoms with Crippen LogP contribution >= 0.6 is 0 Å². The third kappa shape index (κ3) is 6.13. The van der Waals surface area contributed by atoms with Crippen LogP contribution in [0.5, 0.6) is 0 Å². The molecule has 176 valence electrons. The van der Waals surface area contributed by atoms with E-state index >= 15 is 0 Å². The number of halogens is 1. The number of non-ortho nitro benzene ring substituents is 1. The number of nitro groups is 1. The summed E-state index contributed by atoms with van der Waals surface area (Å²) in [5.41, 5.74) is 0.359. The van der Waals surface area contributed by atoms with Crippen molar-refractivity contribution in [2.45, 2.75) is 4.90 Å². The molecule has 0 bridgehead atoms. The Hall–Kier alpha value is -4.32. The fourth-order valence-corrected chi connectivity index (χ4v) is 4.00. The monoisotopic (exact) mass is 486 g/mol. The maximum atomic E-state index is 13.0. The molecule has 0 unspecified atom stereocenters. The van der Waals surface area contributed by atoms with E-state index in [1.807, 2.05) is 0 Å². The highest BCUT2D eigenvalue weighted by atomic mass is 32.2. The van der Waals surface area contributed by atoms with E-state index in [2.05, 4.69) is 10.0 Å². The lowest BCUT2D eigenvalue weighted by molar-refractivity contribution is -0.385. The summed E-state index contributed by atoms with van der Waals surface area (Å²) in [5.74, 6) is -1.41. The molecular formula is C22H19FN4O6S. The number of sulfonamides is 1. The van der Waals surface area contributed by atoms with Crippen LogP contribution in [0.25, 0.3) is 0 Å². The van der Waals surface area contributed by atoms with Gasteiger partial charge in [0.2, 0.25) is 5.91 Å². The molecule has 0 aliphatic rings. The standard InChI is InChI=1S/C22H19FN4O6S/c1-26(14-21(28)24-17-11-7-16(23)8-12-17)22(29)15-5-9-18(10-6-15)25-34(32,33)20-4-2-3-19(13-20)27(30)31/h2-13,25H,14H2,1H3,(H,24,28). The van der Waals surface area contributed by atoms with Crippen molar-refractivity contribution in [1.82, 2.24) is 4.90 Å². The van der Waals surface area contributed by atoms with E-state index in [1.165, 1.54) is 78.7 Å². The third-order valence-electron chi connectivity index (χ3n) is 4.58. The molecule has 0 heterocycles. The van der Waals surface area contributed by atoms with Gasteiger partial charge >= 0.3 is 0 Å². The largest absolute Gasteiger partial charge is 0.332 e.